The first-order chi connectivity index (χ1) is 31.3. The van der Waals surface area contributed by atoms with Gasteiger partial charge in [-0.2, -0.15) is 0 Å². The standard InChI is InChI=1S/C42H46O24/c1-14-28(50)34(56)39(66-41-36(58)33(55)30(52)25(64-41)13-59-26(49)7-3-15-2-5-18(44)20(46)8-15)42(60-14)61-17-10-22(48)27-23(11-17)62-37(16-4-6-19(45)21(47)9-16)38(31(27)53)65-40-35(57)32(54)29(51)24(12-43)63-40/h2-11,14,24-25,28-30,32-36,39-48,50-52,54-58H,12-13H2,1H3/b7-3+/t14-,24+,25+,28-,29+,30+,32-,33-,34+,35+,36+,39+,40-,41-,42-/m0/s1. The number of rotatable bonds is 12. The van der Waals surface area contributed by atoms with Crippen molar-refractivity contribution in [3.63, 3.8) is 0 Å². The zero-order chi connectivity index (χ0) is 47.9. The van der Waals surface area contributed by atoms with Crippen molar-refractivity contribution in [2.45, 2.75) is 99.0 Å². The molecule has 3 aliphatic rings. The first kappa shape index (κ1) is 48.1. The number of phenolic OH excluding ortho intramolecular Hbond substituents is 5. The Morgan fingerprint density at radius 2 is 1.29 bits per heavy atom. The van der Waals surface area contributed by atoms with Crippen LogP contribution in [0.4, 0.5) is 0 Å². The van der Waals surface area contributed by atoms with Crippen LogP contribution in [0.5, 0.6) is 40.2 Å². The van der Waals surface area contributed by atoms with Crippen molar-refractivity contribution < 1.29 is 114 Å². The zero-order valence-corrected chi connectivity index (χ0v) is 34.2. The monoisotopic (exact) mass is 934 g/mol. The highest BCUT2D eigenvalue weighted by Gasteiger charge is 2.51. The quantitative estimate of drug-likeness (QED) is 0.0395. The van der Waals surface area contributed by atoms with E-state index in [9.17, 15) is 81.1 Å². The summed E-state index contributed by atoms with van der Waals surface area (Å²) in [7, 11) is 0. The molecule has 3 saturated heterocycles. The molecule has 0 radical (unpaired) electrons. The topological polar surface area (TPSA) is 395 Å². The molecule has 15 atom stereocenters. The number of aliphatic hydroxyl groups is 9. The van der Waals surface area contributed by atoms with Crippen molar-refractivity contribution >= 4 is 23.0 Å². The Labute approximate surface area is 370 Å². The van der Waals surface area contributed by atoms with Crippen LogP contribution in [0, 0.1) is 0 Å². The summed E-state index contributed by atoms with van der Waals surface area (Å²) in [6.45, 7) is -0.220. The lowest BCUT2D eigenvalue weighted by Crippen LogP contribution is -2.64. The Morgan fingerprint density at radius 3 is 1.95 bits per heavy atom. The number of carbonyl (C=O) groups excluding carboxylic acids is 1. The molecule has 0 unspecified atom stereocenters. The van der Waals surface area contributed by atoms with Gasteiger partial charge in [-0.15, -0.1) is 0 Å². The molecule has 358 valence electrons. The van der Waals surface area contributed by atoms with Crippen molar-refractivity contribution in [1.82, 2.24) is 0 Å². The van der Waals surface area contributed by atoms with Gasteiger partial charge in [0.15, 0.2) is 41.2 Å². The third-order valence-corrected chi connectivity index (χ3v) is 11.0. The van der Waals surface area contributed by atoms with Crippen LogP contribution in [0.15, 0.2) is 63.8 Å². The highest BCUT2D eigenvalue weighted by atomic mass is 16.8. The van der Waals surface area contributed by atoms with Gasteiger partial charge in [-0.05, 0) is 48.9 Å². The summed E-state index contributed by atoms with van der Waals surface area (Å²) < 4.78 is 45.4. The highest BCUT2D eigenvalue weighted by Crippen LogP contribution is 2.41. The molecule has 0 aliphatic carbocycles. The van der Waals surface area contributed by atoms with Crippen LogP contribution in [-0.4, -0.2) is 183 Å². The Balaban J connectivity index is 1.15. The van der Waals surface area contributed by atoms with Gasteiger partial charge in [0.1, 0.15) is 90.1 Å². The molecule has 24 heteroatoms. The fourth-order valence-electron chi connectivity index (χ4n) is 7.29. The maximum atomic E-state index is 14.1. The Hall–Kier alpha value is -5.84. The molecule has 4 heterocycles. The molecule has 7 rings (SSSR count). The van der Waals surface area contributed by atoms with E-state index in [1.54, 1.807) is 0 Å². The molecular weight excluding hydrogens is 888 g/mol. The fourth-order valence-corrected chi connectivity index (χ4v) is 7.29. The Bertz CT molecular complexity index is 2470. The third kappa shape index (κ3) is 9.67. The lowest BCUT2D eigenvalue weighted by Gasteiger charge is -2.45. The molecule has 66 heavy (non-hydrogen) atoms. The molecule has 3 aliphatic heterocycles. The van der Waals surface area contributed by atoms with Gasteiger partial charge >= 0.3 is 5.97 Å². The second-order valence-corrected chi connectivity index (χ2v) is 15.6. The van der Waals surface area contributed by atoms with E-state index in [1.807, 2.05) is 0 Å². The minimum atomic E-state index is -2.03. The van der Waals surface area contributed by atoms with E-state index in [-0.39, 0.29) is 11.3 Å². The summed E-state index contributed by atoms with van der Waals surface area (Å²) in [5.74, 6) is -5.58. The summed E-state index contributed by atoms with van der Waals surface area (Å²) in [5, 5.41) is 145. The third-order valence-electron chi connectivity index (χ3n) is 11.0. The number of aromatic hydroxyl groups is 5. The molecule has 0 saturated carbocycles. The highest BCUT2D eigenvalue weighted by molar-refractivity contribution is 5.89. The molecule has 0 spiro atoms. The fraction of sp³-hybridized carbons (Fsp3) is 0.429. The van der Waals surface area contributed by atoms with E-state index in [0.29, 0.717) is 5.56 Å². The van der Waals surface area contributed by atoms with Crippen LogP contribution in [-0.2, 0) is 28.5 Å². The van der Waals surface area contributed by atoms with Crippen LogP contribution in [0.2, 0.25) is 0 Å². The van der Waals surface area contributed by atoms with Gasteiger partial charge < -0.3 is 109 Å². The van der Waals surface area contributed by atoms with Gasteiger partial charge in [-0.1, -0.05) is 6.07 Å². The second-order valence-electron chi connectivity index (χ2n) is 15.6. The van der Waals surface area contributed by atoms with E-state index in [2.05, 4.69) is 0 Å². The number of ether oxygens (including phenoxy) is 7. The molecule has 1 aromatic heterocycles. The lowest BCUT2D eigenvalue weighted by molar-refractivity contribution is -0.355. The summed E-state index contributed by atoms with van der Waals surface area (Å²) in [6.07, 6.45) is -24.6. The van der Waals surface area contributed by atoms with E-state index in [0.717, 1.165) is 36.4 Å². The first-order valence-electron chi connectivity index (χ1n) is 20.0. The van der Waals surface area contributed by atoms with Crippen molar-refractivity contribution in [3.8, 4) is 51.6 Å². The molecule has 0 amide bonds. The first-order valence-corrected chi connectivity index (χ1v) is 20.0. The predicted molar refractivity (Wildman–Crippen MR) is 216 cm³/mol. The van der Waals surface area contributed by atoms with Crippen LogP contribution in [0.1, 0.15) is 12.5 Å². The predicted octanol–water partition coefficient (Wildman–Crippen LogP) is -2.54. The van der Waals surface area contributed by atoms with Gasteiger partial charge in [-0.25, -0.2) is 4.79 Å². The van der Waals surface area contributed by atoms with E-state index in [4.69, 9.17) is 37.6 Å². The number of carbonyl (C=O) groups is 1. The minimum absolute atomic E-state index is 0.136. The molecule has 3 fully saturated rings. The normalized spacial score (nSPS) is 32.6. The molecule has 14 N–H and O–H groups in total. The summed E-state index contributed by atoms with van der Waals surface area (Å²) in [6, 6.07) is 8.84. The van der Waals surface area contributed by atoms with Crippen LogP contribution in [0.25, 0.3) is 28.4 Å². The van der Waals surface area contributed by atoms with Crippen LogP contribution < -0.4 is 14.9 Å². The van der Waals surface area contributed by atoms with Gasteiger partial charge in [0, 0.05) is 23.8 Å². The average molecular weight is 935 g/mol. The van der Waals surface area contributed by atoms with Gasteiger partial charge in [0.05, 0.1) is 12.7 Å². The zero-order valence-electron chi connectivity index (χ0n) is 34.2. The lowest BCUT2D eigenvalue weighted by atomic mass is 9.97. The van der Waals surface area contributed by atoms with Crippen LogP contribution >= 0.6 is 0 Å². The summed E-state index contributed by atoms with van der Waals surface area (Å²) >= 11 is 0. The Kier molecular flexibility index (Phi) is 14.3. The van der Waals surface area contributed by atoms with Gasteiger partial charge in [0.2, 0.25) is 23.8 Å². The Morgan fingerprint density at radius 1 is 0.652 bits per heavy atom. The van der Waals surface area contributed by atoms with Crippen molar-refractivity contribution in [2.24, 2.45) is 0 Å². The maximum Gasteiger partial charge on any atom is 0.330 e. The number of hydrogen-bond donors (Lipinski definition) is 14. The molecule has 3 aromatic carbocycles. The van der Waals surface area contributed by atoms with E-state index in [1.165, 1.54) is 31.2 Å². The number of fused-ring (bicyclic) bond motifs is 1. The summed E-state index contributed by atoms with van der Waals surface area (Å²) in [5.41, 5.74) is -1.41. The second kappa shape index (κ2) is 19.6. The largest absolute Gasteiger partial charge is 0.507 e. The van der Waals surface area contributed by atoms with Gasteiger partial charge in [0.25, 0.3) is 0 Å². The number of phenols is 5. The smallest absolute Gasteiger partial charge is 0.330 e. The molecule has 24 nitrogen and oxygen atoms in total. The number of hydrogen-bond acceptors (Lipinski definition) is 24. The van der Waals surface area contributed by atoms with Crippen molar-refractivity contribution in [3.05, 3.63) is 70.4 Å². The van der Waals surface area contributed by atoms with E-state index >= 15 is 0 Å². The summed E-state index contributed by atoms with van der Waals surface area (Å²) in [4.78, 5) is 26.6. The average Bonchev–Trinajstić information content (AvgIpc) is 3.28. The molecule has 4 aromatic rings. The number of aliphatic hydroxyl groups excluding tert-OH is 9. The maximum absolute atomic E-state index is 14.1. The minimum Gasteiger partial charge on any atom is -0.507 e. The van der Waals surface area contributed by atoms with E-state index < -0.39 is 168 Å². The SMILES string of the molecule is C[C@@H]1O[C@@H](Oc2cc(O)c3c(=O)c(O[C@@H]4O[C@H](CO)[C@@H](O)[C@H](O)[C@H]4O)c(-c4ccc(O)c(O)c4)oc3c2)[C@H](O[C@@H]2O[C@H](COC(=O)/C=C/c3ccc(O)c(O)c3)[C@@H](O)[C@H](O)[C@H]2O)[C@H](O)[C@H]1O. The van der Waals surface area contributed by atoms with Gasteiger partial charge in [-0.3, -0.25) is 4.79 Å². The molecular formula is C42H46O24. The number of esters is 1. The molecule has 0 bridgehead atoms. The van der Waals surface area contributed by atoms with Crippen molar-refractivity contribution in [1.29, 1.82) is 0 Å². The van der Waals surface area contributed by atoms with Crippen LogP contribution in [0.3, 0.4) is 0 Å². The van der Waals surface area contributed by atoms with Crippen molar-refractivity contribution in [2.75, 3.05) is 13.2 Å². The number of benzene rings is 3.